The lowest BCUT2D eigenvalue weighted by molar-refractivity contribution is 0.586. The van der Waals surface area contributed by atoms with Gasteiger partial charge in [-0.25, -0.2) is 18.5 Å². The summed E-state index contributed by atoms with van der Waals surface area (Å²) >= 11 is 0. The van der Waals surface area contributed by atoms with E-state index in [4.69, 9.17) is 0 Å². The SMILES string of the molecule is C=C1C=CN(c2cccnc2)N=C1c1ccnn1-c1cc(F)ccc1F. The zero-order valence-electron chi connectivity index (χ0n) is 13.5. The highest BCUT2D eigenvalue weighted by Crippen LogP contribution is 2.23. The van der Waals surface area contributed by atoms with Crippen molar-refractivity contribution in [2.45, 2.75) is 0 Å². The van der Waals surface area contributed by atoms with Gasteiger partial charge in [0.25, 0.3) is 0 Å². The van der Waals surface area contributed by atoms with Crippen molar-refractivity contribution in [3.05, 3.63) is 96.7 Å². The van der Waals surface area contributed by atoms with Crippen molar-refractivity contribution < 1.29 is 8.78 Å². The quantitative estimate of drug-likeness (QED) is 0.722. The molecule has 26 heavy (non-hydrogen) atoms. The summed E-state index contributed by atoms with van der Waals surface area (Å²) in [7, 11) is 0. The van der Waals surface area contributed by atoms with Crippen LogP contribution in [0.15, 0.2) is 84.5 Å². The van der Waals surface area contributed by atoms with Crippen molar-refractivity contribution in [3.63, 3.8) is 0 Å². The minimum atomic E-state index is -0.585. The van der Waals surface area contributed by atoms with Gasteiger partial charge in [0.1, 0.15) is 23.0 Å². The van der Waals surface area contributed by atoms with Crippen molar-refractivity contribution in [1.82, 2.24) is 14.8 Å². The summed E-state index contributed by atoms with van der Waals surface area (Å²) in [5, 5.41) is 10.3. The second-order valence-electron chi connectivity index (χ2n) is 5.57. The molecule has 0 radical (unpaired) electrons. The number of benzene rings is 1. The van der Waals surface area contributed by atoms with Crippen LogP contribution < -0.4 is 5.01 Å². The number of hydrogen-bond donors (Lipinski definition) is 0. The van der Waals surface area contributed by atoms with E-state index >= 15 is 0 Å². The normalized spacial score (nSPS) is 13.8. The second kappa shape index (κ2) is 6.36. The first kappa shape index (κ1) is 15.9. The maximum Gasteiger partial charge on any atom is 0.149 e. The van der Waals surface area contributed by atoms with Gasteiger partial charge < -0.3 is 0 Å². The summed E-state index contributed by atoms with van der Waals surface area (Å²) in [5.74, 6) is -1.14. The zero-order chi connectivity index (χ0) is 18.1. The van der Waals surface area contributed by atoms with Gasteiger partial charge in [0.15, 0.2) is 0 Å². The molecule has 0 aliphatic carbocycles. The fourth-order valence-electron chi connectivity index (χ4n) is 2.62. The van der Waals surface area contributed by atoms with Crippen LogP contribution in [0.2, 0.25) is 0 Å². The molecular weight excluding hydrogens is 336 g/mol. The van der Waals surface area contributed by atoms with E-state index < -0.39 is 11.6 Å². The highest BCUT2D eigenvalue weighted by atomic mass is 19.1. The van der Waals surface area contributed by atoms with Crippen LogP contribution in [0.4, 0.5) is 14.5 Å². The number of aromatic nitrogens is 3. The topological polar surface area (TPSA) is 46.3 Å². The lowest BCUT2D eigenvalue weighted by Crippen LogP contribution is -2.21. The van der Waals surface area contributed by atoms with Gasteiger partial charge >= 0.3 is 0 Å². The monoisotopic (exact) mass is 349 g/mol. The molecule has 0 fully saturated rings. The predicted molar refractivity (Wildman–Crippen MR) is 95.0 cm³/mol. The Hall–Kier alpha value is -3.61. The highest BCUT2D eigenvalue weighted by molar-refractivity contribution is 6.14. The molecule has 0 atom stereocenters. The Morgan fingerprint density at radius 2 is 1.92 bits per heavy atom. The van der Waals surface area contributed by atoms with Gasteiger partial charge in [-0.2, -0.15) is 10.2 Å². The molecule has 3 aromatic rings. The molecule has 0 bridgehead atoms. The molecule has 2 aromatic heterocycles. The van der Waals surface area contributed by atoms with Crippen LogP contribution >= 0.6 is 0 Å². The molecule has 3 heterocycles. The first-order chi connectivity index (χ1) is 12.6. The molecule has 0 unspecified atom stereocenters. The maximum absolute atomic E-state index is 14.2. The molecule has 5 nitrogen and oxygen atoms in total. The lowest BCUT2D eigenvalue weighted by Gasteiger charge is -2.21. The fourth-order valence-corrected chi connectivity index (χ4v) is 2.62. The number of nitrogens with zero attached hydrogens (tertiary/aromatic N) is 5. The van der Waals surface area contributed by atoms with Crippen molar-refractivity contribution in [2.24, 2.45) is 5.10 Å². The van der Waals surface area contributed by atoms with E-state index in [1.54, 1.807) is 41.8 Å². The molecule has 0 saturated heterocycles. The van der Waals surface area contributed by atoms with Gasteiger partial charge in [-0.15, -0.1) is 0 Å². The van der Waals surface area contributed by atoms with Gasteiger partial charge in [-0.05, 0) is 42.0 Å². The zero-order valence-corrected chi connectivity index (χ0v) is 13.5. The minimum Gasteiger partial charge on any atom is -0.262 e. The Labute approximate surface area is 148 Å². The summed E-state index contributed by atoms with van der Waals surface area (Å²) in [6, 6.07) is 8.55. The molecule has 0 amide bonds. The van der Waals surface area contributed by atoms with E-state index in [0.717, 1.165) is 23.9 Å². The van der Waals surface area contributed by atoms with Crippen LogP contribution in [0.5, 0.6) is 0 Å². The molecule has 0 N–H and O–H groups in total. The molecule has 0 saturated carbocycles. The summed E-state index contributed by atoms with van der Waals surface area (Å²) in [5.41, 5.74) is 2.39. The van der Waals surface area contributed by atoms with E-state index in [-0.39, 0.29) is 5.69 Å². The average Bonchev–Trinajstić information content (AvgIpc) is 3.14. The van der Waals surface area contributed by atoms with Crippen molar-refractivity contribution in [3.8, 4) is 5.69 Å². The minimum absolute atomic E-state index is 0.00276. The summed E-state index contributed by atoms with van der Waals surface area (Å²) in [6.07, 6.45) is 8.38. The fraction of sp³-hybridized carbons (Fsp3) is 0. The molecule has 0 spiro atoms. The van der Waals surface area contributed by atoms with Gasteiger partial charge in [0.05, 0.1) is 23.8 Å². The highest BCUT2D eigenvalue weighted by Gasteiger charge is 2.20. The molecule has 1 aromatic carbocycles. The van der Waals surface area contributed by atoms with E-state index in [0.29, 0.717) is 17.0 Å². The van der Waals surface area contributed by atoms with Gasteiger partial charge in [-0.1, -0.05) is 6.58 Å². The Balaban J connectivity index is 1.81. The van der Waals surface area contributed by atoms with E-state index in [1.807, 2.05) is 6.07 Å². The third-order valence-electron chi connectivity index (χ3n) is 3.86. The number of halogens is 2. The first-order valence-corrected chi connectivity index (χ1v) is 7.78. The molecular formula is C19H13F2N5. The standard InChI is InChI=1S/C19H13F2N5/c1-13-7-10-25(15-3-2-8-22-12-15)24-19(13)17-6-9-23-26(17)18-11-14(20)4-5-16(18)21/h2-12H,1H2. The third-order valence-corrected chi connectivity index (χ3v) is 3.86. The number of rotatable bonds is 3. The van der Waals surface area contributed by atoms with E-state index in [1.165, 1.54) is 10.9 Å². The van der Waals surface area contributed by atoms with Crippen LogP contribution in [0.3, 0.4) is 0 Å². The van der Waals surface area contributed by atoms with Crippen molar-refractivity contribution in [1.29, 1.82) is 0 Å². The van der Waals surface area contributed by atoms with Crippen LogP contribution in [-0.2, 0) is 0 Å². The molecule has 1 aliphatic rings. The van der Waals surface area contributed by atoms with Gasteiger partial charge in [0, 0.05) is 18.5 Å². The van der Waals surface area contributed by atoms with Gasteiger partial charge in [0.2, 0.25) is 0 Å². The van der Waals surface area contributed by atoms with Crippen molar-refractivity contribution in [2.75, 3.05) is 5.01 Å². The number of anilines is 1. The largest absolute Gasteiger partial charge is 0.262 e. The number of allylic oxidation sites excluding steroid dienone is 2. The number of hydrogen-bond acceptors (Lipinski definition) is 4. The predicted octanol–water partition coefficient (Wildman–Crippen LogP) is 3.84. The smallest absolute Gasteiger partial charge is 0.149 e. The van der Waals surface area contributed by atoms with Crippen molar-refractivity contribution >= 4 is 11.4 Å². The first-order valence-electron chi connectivity index (χ1n) is 7.78. The molecule has 128 valence electrons. The van der Waals surface area contributed by atoms with Gasteiger partial charge in [-0.3, -0.25) is 4.98 Å². The van der Waals surface area contributed by atoms with E-state index in [2.05, 4.69) is 21.8 Å². The Kier molecular flexibility index (Phi) is 3.89. The number of pyridine rings is 1. The molecule has 7 heteroatoms. The summed E-state index contributed by atoms with van der Waals surface area (Å²) < 4.78 is 29.1. The Morgan fingerprint density at radius 1 is 1.04 bits per heavy atom. The molecule has 4 rings (SSSR count). The maximum atomic E-state index is 14.2. The Bertz CT molecular complexity index is 1040. The third kappa shape index (κ3) is 2.79. The van der Waals surface area contributed by atoms with Crippen LogP contribution in [0, 0.1) is 11.6 Å². The van der Waals surface area contributed by atoms with E-state index in [9.17, 15) is 8.78 Å². The van der Waals surface area contributed by atoms with Crippen LogP contribution in [-0.4, -0.2) is 20.5 Å². The van der Waals surface area contributed by atoms with Crippen LogP contribution in [0.25, 0.3) is 5.69 Å². The summed E-state index contributed by atoms with van der Waals surface area (Å²) in [4.78, 5) is 4.08. The molecule has 1 aliphatic heterocycles. The average molecular weight is 349 g/mol. The lowest BCUT2D eigenvalue weighted by atomic mass is 10.1. The Morgan fingerprint density at radius 3 is 2.73 bits per heavy atom. The second-order valence-corrected chi connectivity index (χ2v) is 5.57. The van der Waals surface area contributed by atoms with Crippen LogP contribution in [0.1, 0.15) is 5.69 Å². The number of hydrazone groups is 1. The summed E-state index contributed by atoms with van der Waals surface area (Å²) in [6.45, 7) is 3.99.